The third-order valence-electron chi connectivity index (χ3n) is 2.93. The molecule has 4 nitrogen and oxygen atoms in total. The first-order valence-corrected chi connectivity index (χ1v) is 6.19. The molecule has 0 bridgehead atoms. The monoisotopic (exact) mass is 252 g/mol. The van der Waals surface area contributed by atoms with Crippen molar-refractivity contribution in [2.24, 2.45) is 0 Å². The molecule has 18 heavy (non-hydrogen) atoms. The second kappa shape index (κ2) is 5.80. The molecule has 0 unspecified atom stereocenters. The molecule has 4 heteroatoms. The fourth-order valence-electron chi connectivity index (χ4n) is 1.95. The van der Waals surface area contributed by atoms with Crippen LogP contribution in [0.2, 0.25) is 0 Å². The van der Waals surface area contributed by atoms with E-state index >= 15 is 0 Å². The Balaban J connectivity index is 1.87. The Morgan fingerprint density at radius 1 is 1.39 bits per heavy atom. The van der Waals surface area contributed by atoms with Gasteiger partial charge in [-0.05, 0) is 19.4 Å². The highest BCUT2D eigenvalue weighted by Gasteiger charge is 2.37. The van der Waals surface area contributed by atoms with Gasteiger partial charge in [-0.2, -0.15) is 0 Å². The first kappa shape index (κ1) is 13.5. The van der Waals surface area contributed by atoms with E-state index in [1.165, 1.54) is 0 Å². The Hall–Kier alpha value is -0.940. The van der Waals surface area contributed by atoms with Crippen molar-refractivity contribution in [3.63, 3.8) is 0 Å². The highest BCUT2D eigenvalue weighted by atomic mass is 16.7. The van der Waals surface area contributed by atoms with Gasteiger partial charge >= 0.3 is 0 Å². The smallest absolute Gasteiger partial charge is 0.163 e. The van der Waals surface area contributed by atoms with E-state index in [0.29, 0.717) is 13.2 Å². The maximum absolute atomic E-state index is 9.37. The summed E-state index contributed by atoms with van der Waals surface area (Å²) < 4.78 is 16.9. The normalized spacial score (nSPS) is 24.1. The second-order valence-electron chi connectivity index (χ2n) is 4.88. The van der Waals surface area contributed by atoms with Gasteiger partial charge in [0.05, 0.1) is 19.8 Å². The van der Waals surface area contributed by atoms with Gasteiger partial charge < -0.3 is 19.3 Å². The maximum Gasteiger partial charge on any atom is 0.163 e. The number of hydrogen-bond acceptors (Lipinski definition) is 4. The van der Waals surface area contributed by atoms with Gasteiger partial charge in [-0.15, -0.1) is 0 Å². The fourth-order valence-corrected chi connectivity index (χ4v) is 1.95. The number of aliphatic hydroxyl groups excluding tert-OH is 1. The summed E-state index contributed by atoms with van der Waals surface area (Å²) in [5.74, 6) is -0.589. The van der Waals surface area contributed by atoms with Gasteiger partial charge in [0.25, 0.3) is 0 Å². The van der Waals surface area contributed by atoms with Gasteiger partial charge in [-0.25, -0.2) is 0 Å². The lowest BCUT2D eigenvalue weighted by Gasteiger charge is -2.23. The molecule has 2 rings (SSSR count). The van der Waals surface area contributed by atoms with Crippen LogP contribution in [-0.2, 0) is 20.8 Å². The van der Waals surface area contributed by atoms with E-state index in [0.717, 1.165) is 5.56 Å². The number of rotatable bonds is 5. The Labute approximate surface area is 107 Å². The molecule has 1 N–H and O–H groups in total. The summed E-state index contributed by atoms with van der Waals surface area (Å²) in [6.45, 7) is 4.56. The van der Waals surface area contributed by atoms with Crippen LogP contribution in [0.4, 0.5) is 0 Å². The zero-order chi connectivity index (χ0) is 13.0. The lowest BCUT2D eigenvalue weighted by molar-refractivity contribution is -0.162. The lowest BCUT2D eigenvalue weighted by Crippen LogP contribution is -2.35. The predicted molar refractivity (Wildman–Crippen MR) is 67.0 cm³/mol. The van der Waals surface area contributed by atoms with E-state index < -0.39 is 5.79 Å². The molecule has 1 aliphatic rings. The fraction of sp³-hybridized carbons (Fsp3) is 0.571. The zero-order valence-corrected chi connectivity index (χ0v) is 10.8. The van der Waals surface area contributed by atoms with E-state index in [2.05, 4.69) is 0 Å². The molecular formula is C14H20O4. The van der Waals surface area contributed by atoms with Crippen molar-refractivity contribution in [2.45, 2.75) is 38.4 Å². The molecule has 0 radical (unpaired) electrons. The molecule has 1 fully saturated rings. The van der Waals surface area contributed by atoms with Crippen LogP contribution in [0.5, 0.6) is 0 Å². The van der Waals surface area contributed by atoms with Gasteiger partial charge in [0.1, 0.15) is 12.2 Å². The van der Waals surface area contributed by atoms with E-state index in [-0.39, 0.29) is 18.8 Å². The third kappa shape index (κ3) is 3.53. The van der Waals surface area contributed by atoms with Gasteiger partial charge in [0.2, 0.25) is 0 Å². The van der Waals surface area contributed by atoms with Crippen molar-refractivity contribution in [3.05, 3.63) is 35.9 Å². The van der Waals surface area contributed by atoms with Crippen LogP contribution in [0.25, 0.3) is 0 Å². The van der Waals surface area contributed by atoms with Crippen LogP contribution in [0.3, 0.4) is 0 Å². The van der Waals surface area contributed by atoms with E-state index in [1.807, 2.05) is 44.2 Å². The Morgan fingerprint density at radius 3 is 2.67 bits per heavy atom. The molecule has 0 amide bonds. The molecule has 1 aromatic carbocycles. The highest BCUT2D eigenvalue weighted by Crippen LogP contribution is 2.25. The SMILES string of the molecule is CC1(C)OC[C@@H]([C@@H](CO)OCc2ccccc2)O1. The zero-order valence-electron chi connectivity index (χ0n) is 10.8. The van der Waals surface area contributed by atoms with Crippen molar-refractivity contribution in [1.82, 2.24) is 0 Å². The molecule has 0 spiro atoms. The first-order chi connectivity index (χ1) is 8.61. The average Bonchev–Trinajstić information content (AvgIpc) is 2.72. The number of aliphatic hydroxyl groups is 1. The average molecular weight is 252 g/mol. The van der Waals surface area contributed by atoms with E-state index in [4.69, 9.17) is 14.2 Å². The van der Waals surface area contributed by atoms with Crippen LogP contribution in [-0.4, -0.2) is 36.3 Å². The molecular weight excluding hydrogens is 232 g/mol. The van der Waals surface area contributed by atoms with Crippen LogP contribution in [0.15, 0.2) is 30.3 Å². The summed E-state index contributed by atoms with van der Waals surface area (Å²) in [7, 11) is 0. The van der Waals surface area contributed by atoms with Crippen molar-refractivity contribution in [1.29, 1.82) is 0 Å². The van der Waals surface area contributed by atoms with E-state index in [9.17, 15) is 5.11 Å². The van der Waals surface area contributed by atoms with E-state index in [1.54, 1.807) is 0 Å². The Kier molecular flexibility index (Phi) is 4.35. The minimum absolute atomic E-state index is 0.0725. The van der Waals surface area contributed by atoms with Crippen LogP contribution in [0, 0.1) is 0 Å². The van der Waals surface area contributed by atoms with Crippen molar-refractivity contribution in [2.75, 3.05) is 13.2 Å². The minimum atomic E-state index is -0.589. The summed E-state index contributed by atoms with van der Waals surface area (Å²) in [5.41, 5.74) is 1.08. The van der Waals surface area contributed by atoms with Crippen LogP contribution < -0.4 is 0 Å². The molecule has 0 saturated carbocycles. The summed E-state index contributed by atoms with van der Waals surface area (Å²) in [6.07, 6.45) is -0.569. The van der Waals surface area contributed by atoms with Crippen molar-refractivity contribution >= 4 is 0 Å². The largest absolute Gasteiger partial charge is 0.394 e. The second-order valence-corrected chi connectivity index (χ2v) is 4.88. The molecule has 1 saturated heterocycles. The summed E-state index contributed by atoms with van der Waals surface area (Å²) >= 11 is 0. The molecule has 1 heterocycles. The van der Waals surface area contributed by atoms with Crippen LogP contribution >= 0.6 is 0 Å². The van der Waals surface area contributed by atoms with Crippen LogP contribution in [0.1, 0.15) is 19.4 Å². The lowest BCUT2D eigenvalue weighted by atomic mass is 10.2. The molecule has 0 aromatic heterocycles. The Bertz CT molecular complexity index is 363. The number of hydrogen-bond donors (Lipinski definition) is 1. The summed E-state index contributed by atoms with van der Waals surface area (Å²) in [5, 5.41) is 9.37. The van der Waals surface area contributed by atoms with Crippen molar-refractivity contribution < 1.29 is 19.3 Å². The molecule has 1 aliphatic heterocycles. The first-order valence-electron chi connectivity index (χ1n) is 6.19. The van der Waals surface area contributed by atoms with Gasteiger partial charge in [0, 0.05) is 0 Å². The number of benzene rings is 1. The summed E-state index contributed by atoms with van der Waals surface area (Å²) in [6, 6.07) is 9.87. The summed E-state index contributed by atoms with van der Waals surface area (Å²) in [4.78, 5) is 0. The number of ether oxygens (including phenoxy) is 3. The minimum Gasteiger partial charge on any atom is -0.394 e. The van der Waals surface area contributed by atoms with Crippen molar-refractivity contribution in [3.8, 4) is 0 Å². The standard InChI is InChI=1S/C14H20O4/c1-14(2)17-10-13(18-14)12(8-15)16-9-11-6-4-3-5-7-11/h3-7,12-13,15H,8-10H2,1-2H3/t12-,13+/m1/s1. The van der Waals surface area contributed by atoms with Gasteiger partial charge in [-0.3, -0.25) is 0 Å². The molecule has 0 aliphatic carbocycles. The van der Waals surface area contributed by atoms with Gasteiger partial charge in [0.15, 0.2) is 5.79 Å². The topological polar surface area (TPSA) is 47.9 Å². The highest BCUT2D eigenvalue weighted by molar-refractivity contribution is 5.13. The third-order valence-corrected chi connectivity index (χ3v) is 2.93. The quantitative estimate of drug-likeness (QED) is 0.866. The van der Waals surface area contributed by atoms with Gasteiger partial charge in [-0.1, -0.05) is 30.3 Å². The molecule has 2 atom stereocenters. The maximum atomic E-state index is 9.37. The molecule has 1 aromatic rings. The molecule has 100 valence electrons. The predicted octanol–water partition coefficient (Wildman–Crippen LogP) is 1.72. The Morgan fingerprint density at radius 2 is 2.11 bits per heavy atom.